The van der Waals surface area contributed by atoms with Gasteiger partial charge in [0, 0.05) is 25.3 Å². The lowest BCUT2D eigenvalue weighted by Crippen LogP contribution is -2.43. The molecule has 0 spiro atoms. The van der Waals surface area contributed by atoms with Crippen LogP contribution in [0.3, 0.4) is 0 Å². The number of urea groups is 1. The highest BCUT2D eigenvalue weighted by molar-refractivity contribution is 5.94. The summed E-state index contributed by atoms with van der Waals surface area (Å²) in [7, 11) is 1.93. The first-order valence-corrected chi connectivity index (χ1v) is 6.67. The SMILES string of the molecule is CNc1cccc2c1CCCN2C(=O)NC1CC1. The number of anilines is 2. The Kier molecular flexibility index (Phi) is 2.86. The second-order valence-corrected chi connectivity index (χ2v) is 5.03. The summed E-state index contributed by atoms with van der Waals surface area (Å²) in [5.41, 5.74) is 3.46. The smallest absolute Gasteiger partial charge is 0.322 e. The fourth-order valence-electron chi connectivity index (χ4n) is 2.55. The van der Waals surface area contributed by atoms with E-state index in [9.17, 15) is 4.79 Å². The highest BCUT2D eigenvalue weighted by Gasteiger charge is 2.29. The Morgan fingerprint density at radius 3 is 2.94 bits per heavy atom. The molecular formula is C14H19N3O. The van der Waals surface area contributed by atoms with Gasteiger partial charge >= 0.3 is 6.03 Å². The summed E-state index contributed by atoms with van der Waals surface area (Å²) in [5, 5.41) is 6.28. The van der Waals surface area contributed by atoms with Crippen LogP contribution < -0.4 is 15.5 Å². The van der Waals surface area contributed by atoms with Crippen molar-refractivity contribution in [3.8, 4) is 0 Å². The topological polar surface area (TPSA) is 44.4 Å². The Labute approximate surface area is 107 Å². The molecule has 2 amide bonds. The fourth-order valence-corrected chi connectivity index (χ4v) is 2.55. The number of benzene rings is 1. The third-order valence-electron chi connectivity index (χ3n) is 3.67. The van der Waals surface area contributed by atoms with E-state index in [1.807, 2.05) is 24.1 Å². The Morgan fingerprint density at radius 2 is 2.22 bits per heavy atom. The minimum Gasteiger partial charge on any atom is -0.388 e. The summed E-state index contributed by atoms with van der Waals surface area (Å²) in [6.07, 6.45) is 4.33. The Morgan fingerprint density at radius 1 is 1.39 bits per heavy atom. The largest absolute Gasteiger partial charge is 0.388 e. The lowest BCUT2D eigenvalue weighted by Gasteiger charge is -2.30. The molecule has 1 aliphatic carbocycles. The first-order valence-electron chi connectivity index (χ1n) is 6.67. The maximum atomic E-state index is 12.2. The molecule has 0 atom stereocenters. The second-order valence-electron chi connectivity index (χ2n) is 5.03. The third kappa shape index (κ3) is 2.03. The van der Waals surface area contributed by atoms with E-state index in [2.05, 4.69) is 16.7 Å². The van der Waals surface area contributed by atoms with Gasteiger partial charge in [-0.2, -0.15) is 0 Å². The van der Waals surface area contributed by atoms with E-state index in [0.717, 1.165) is 43.6 Å². The van der Waals surface area contributed by atoms with Crippen LogP contribution in [-0.2, 0) is 6.42 Å². The number of fused-ring (bicyclic) bond motifs is 1. The van der Waals surface area contributed by atoms with E-state index in [0.29, 0.717) is 6.04 Å². The summed E-state index contributed by atoms with van der Waals surface area (Å²) in [4.78, 5) is 14.1. The summed E-state index contributed by atoms with van der Waals surface area (Å²) in [6, 6.07) is 6.60. The van der Waals surface area contributed by atoms with Crippen molar-refractivity contribution < 1.29 is 4.79 Å². The molecule has 0 aromatic heterocycles. The minimum absolute atomic E-state index is 0.0618. The zero-order valence-corrected chi connectivity index (χ0v) is 10.7. The van der Waals surface area contributed by atoms with Crippen molar-refractivity contribution in [3.05, 3.63) is 23.8 Å². The lowest BCUT2D eigenvalue weighted by atomic mass is 10.00. The van der Waals surface area contributed by atoms with Crippen molar-refractivity contribution in [3.63, 3.8) is 0 Å². The van der Waals surface area contributed by atoms with Crippen LogP contribution >= 0.6 is 0 Å². The quantitative estimate of drug-likeness (QED) is 0.840. The van der Waals surface area contributed by atoms with Crippen molar-refractivity contribution in [2.45, 2.75) is 31.7 Å². The number of carbonyl (C=O) groups excluding carboxylic acids is 1. The zero-order valence-electron chi connectivity index (χ0n) is 10.7. The number of nitrogens with zero attached hydrogens (tertiary/aromatic N) is 1. The molecule has 96 valence electrons. The number of rotatable bonds is 2. The van der Waals surface area contributed by atoms with Crippen molar-refractivity contribution in [1.82, 2.24) is 5.32 Å². The van der Waals surface area contributed by atoms with Crippen molar-refractivity contribution in [2.75, 3.05) is 23.8 Å². The Hall–Kier alpha value is -1.71. The number of amides is 2. The van der Waals surface area contributed by atoms with E-state index in [1.165, 1.54) is 5.56 Å². The van der Waals surface area contributed by atoms with E-state index >= 15 is 0 Å². The normalized spacial score (nSPS) is 18.2. The predicted octanol–water partition coefficient (Wildman–Crippen LogP) is 2.35. The van der Waals surface area contributed by atoms with Gasteiger partial charge in [0.2, 0.25) is 0 Å². The van der Waals surface area contributed by atoms with Gasteiger partial charge in [-0.15, -0.1) is 0 Å². The number of nitrogens with one attached hydrogen (secondary N) is 2. The molecule has 1 saturated carbocycles. The predicted molar refractivity (Wildman–Crippen MR) is 73.2 cm³/mol. The average Bonchev–Trinajstić information content (AvgIpc) is 3.21. The van der Waals surface area contributed by atoms with Crippen molar-refractivity contribution >= 4 is 17.4 Å². The van der Waals surface area contributed by atoms with Gasteiger partial charge in [0.25, 0.3) is 0 Å². The molecule has 1 aromatic rings. The molecule has 18 heavy (non-hydrogen) atoms. The summed E-state index contributed by atoms with van der Waals surface area (Å²) in [6.45, 7) is 0.818. The van der Waals surface area contributed by atoms with E-state index in [4.69, 9.17) is 0 Å². The second kappa shape index (κ2) is 4.52. The van der Waals surface area contributed by atoms with Crippen LogP contribution in [0.4, 0.5) is 16.2 Å². The van der Waals surface area contributed by atoms with Gasteiger partial charge < -0.3 is 10.6 Å². The number of carbonyl (C=O) groups is 1. The first-order chi connectivity index (χ1) is 8.79. The summed E-state index contributed by atoms with van der Waals surface area (Å²) >= 11 is 0. The molecule has 0 saturated heterocycles. The molecule has 1 heterocycles. The van der Waals surface area contributed by atoms with Gasteiger partial charge in [-0.05, 0) is 43.4 Å². The molecule has 4 heteroatoms. The maximum absolute atomic E-state index is 12.2. The van der Waals surface area contributed by atoms with Gasteiger partial charge in [-0.3, -0.25) is 4.90 Å². The molecule has 2 N–H and O–H groups in total. The number of hydrogen-bond acceptors (Lipinski definition) is 2. The minimum atomic E-state index is 0.0618. The molecule has 1 aromatic carbocycles. The van der Waals surface area contributed by atoms with Crippen LogP contribution in [0, 0.1) is 0 Å². The van der Waals surface area contributed by atoms with Crippen LogP contribution in [-0.4, -0.2) is 25.7 Å². The Bertz CT molecular complexity index is 468. The average molecular weight is 245 g/mol. The van der Waals surface area contributed by atoms with Crippen LogP contribution in [0.2, 0.25) is 0 Å². The van der Waals surface area contributed by atoms with E-state index < -0.39 is 0 Å². The first kappa shape index (κ1) is 11.4. The van der Waals surface area contributed by atoms with Gasteiger partial charge in [0.1, 0.15) is 0 Å². The van der Waals surface area contributed by atoms with Gasteiger partial charge in [-0.1, -0.05) is 6.07 Å². The van der Waals surface area contributed by atoms with Gasteiger partial charge in [0.05, 0.1) is 5.69 Å². The van der Waals surface area contributed by atoms with Gasteiger partial charge in [-0.25, -0.2) is 4.79 Å². The van der Waals surface area contributed by atoms with E-state index in [-0.39, 0.29) is 6.03 Å². The van der Waals surface area contributed by atoms with Crippen molar-refractivity contribution in [1.29, 1.82) is 0 Å². The maximum Gasteiger partial charge on any atom is 0.322 e. The lowest BCUT2D eigenvalue weighted by molar-refractivity contribution is 0.245. The monoisotopic (exact) mass is 245 g/mol. The molecule has 1 aliphatic heterocycles. The molecule has 1 fully saturated rings. The summed E-state index contributed by atoms with van der Waals surface area (Å²) < 4.78 is 0. The fraction of sp³-hybridized carbons (Fsp3) is 0.500. The molecule has 2 aliphatic rings. The zero-order chi connectivity index (χ0) is 12.5. The highest BCUT2D eigenvalue weighted by Crippen LogP contribution is 2.33. The third-order valence-corrected chi connectivity index (χ3v) is 3.67. The summed E-state index contributed by atoms with van der Waals surface area (Å²) in [5.74, 6) is 0. The number of hydrogen-bond donors (Lipinski definition) is 2. The molecule has 0 bridgehead atoms. The van der Waals surface area contributed by atoms with Crippen LogP contribution in [0.15, 0.2) is 18.2 Å². The van der Waals surface area contributed by atoms with Crippen LogP contribution in [0.5, 0.6) is 0 Å². The van der Waals surface area contributed by atoms with Crippen LogP contribution in [0.25, 0.3) is 0 Å². The standard InChI is InChI=1S/C14H19N3O/c1-15-12-5-2-6-13-11(12)4-3-9-17(13)14(18)16-10-7-8-10/h2,5-6,10,15H,3-4,7-9H2,1H3,(H,16,18). The Balaban J connectivity index is 1.88. The van der Waals surface area contributed by atoms with Crippen molar-refractivity contribution in [2.24, 2.45) is 0 Å². The molecular weight excluding hydrogens is 226 g/mol. The molecule has 4 nitrogen and oxygen atoms in total. The van der Waals surface area contributed by atoms with Crippen LogP contribution in [0.1, 0.15) is 24.8 Å². The molecule has 3 rings (SSSR count). The van der Waals surface area contributed by atoms with Gasteiger partial charge in [0.15, 0.2) is 0 Å². The highest BCUT2D eigenvalue weighted by atomic mass is 16.2. The molecule has 0 unspecified atom stereocenters. The van der Waals surface area contributed by atoms with E-state index in [1.54, 1.807) is 0 Å². The molecule has 0 radical (unpaired) electrons.